The molecule has 0 amide bonds. The van der Waals surface area contributed by atoms with Gasteiger partial charge in [-0.1, -0.05) is 24.3 Å². The molecule has 5 rings (SSSR count). The lowest BCUT2D eigenvalue weighted by atomic mass is 9.94. The molecule has 0 spiro atoms. The van der Waals surface area contributed by atoms with E-state index in [2.05, 4.69) is 24.3 Å². The molecule has 0 saturated carbocycles. The number of aryl methyl sites for hydroxylation is 1. The third-order valence-corrected chi connectivity index (χ3v) is 3.45. The van der Waals surface area contributed by atoms with Crippen LogP contribution in [0.15, 0.2) is 51.7 Å². The lowest BCUT2D eigenvalue weighted by molar-refractivity contribution is 0.403. The lowest BCUT2D eigenvalue weighted by Gasteiger charge is -2.11. The second-order valence-electron chi connectivity index (χ2n) is 5.08. The minimum atomic E-state index is -0.472. The molecule has 2 N–H and O–H groups in total. The Labute approximate surface area is 120 Å². The molecule has 0 unspecified atom stereocenters. The maximum Gasteiger partial charge on any atom is 0.336 e. The van der Waals surface area contributed by atoms with E-state index in [4.69, 9.17) is 4.42 Å². The second kappa shape index (κ2) is 4.98. The van der Waals surface area contributed by atoms with Crippen LogP contribution in [-0.4, -0.2) is 10.2 Å². The van der Waals surface area contributed by atoms with Crippen LogP contribution in [-0.2, 0) is 6.42 Å². The van der Waals surface area contributed by atoms with Gasteiger partial charge in [0.2, 0.25) is 0 Å². The van der Waals surface area contributed by atoms with E-state index in [0.29, 0.717) is 10.9 Å². The average molecular weight is 282 g/mol. The van der Waals surface area contributed by atoms with Crippen LogP contribution in [0.1, 0.15) is 16.7 Å². The van der Waals surface area contributed by atoms with Crippen molar-refractivity contribution in [3.8, 4) is 11.5 Å². The fourth-order valence-corrected chi connectivity index (χ4v) is 2.30. The van der Waals surface area contributed by atoms with Gasteiger partial charge < -0.3 is 14.6 Å². The highest BCUT2D eigenvalue weighted by atomic mass is 16.4. The summed E-state index contributed by atoms with van der Waals surface area (Å²) in [5.74, 6) is -0.527. The number of hydrogen-bond donors (Lipinski definition) is 2. The molecule has 0 atom stereocenters. The zero-order valence-electron chi connectivity index (χ0n) is 11.5. The highest BCUT2D eigenvalue weighted by Gasteiger charge is 2.07. The lowest BCUT2D eigenvalue weighted by Crippen LogP contribution is -1.97. The van der Waals surface area contributed by atoms with E-state index in [1.165, 1.54) is 35.7 Å². The molecule has 4 nitrogen and oxygen atoms in total. The average Bonchev–Trinajstić information content (AvgIpc) is 2.42. The number of aromatic hydroxyl groups is 2. The minimum Gasteiger partial charge on any atom is -0.504 e. The summed E-state index contributed by atoms with van der Waals surface area (Å²) in [4.78, 5) is 11.0. The van der Waals surface area contributed by atoms with Gasteiger partial charge >= 0.3 is 5.63 Å². The summed E-state index contributed by atoms with van der Waals surface area (Å²) >= 11 is 0. The number of benzene rings is 2. The van der Waals surface area contributed by atoms with Gasteiger partial charge in [0, 0.05) is 17.5 Å². The van der Waals surface area contributed by atoms with Crippen molar-refractivity contribution in [2.24, 2.45) is 0 Å². The van der Waals surface area contributed by atoms with Gasteiger partial charge in [-0.05, 0) is 36.1 Å². The van der Waals surface area contributed by atoms with E-state index in [1.807, 2.05) is 0 Å². The predicted octanol–water partition coefficient (Wildman–Crippen LogP) is 3.10. The molecule has 2 bridgehead atoms. The van der Waals surface area contributed by atoms with Crippen LogP contribution in [0, 0.1) is 6.92 Å². The predicted molar refractivity (Wildman–Crippen MR) is 79.8 cm³/mol. The molecule has 2 aliphatic carbocycles. The maximum atomic E-state index is 11.0. The highest BCUT2D eigenvalue weighted by Crippen LogP contribution is 2.30. The van der Waals surface area contributed by atoms with Crippen LogP contribution in [0.25, 0.3) is 11.0 Å². The van der Waals surface area contributed by atoms with Crippen molar-refractivity contribution < 1.29 is 14.6 Å². The smallest absolute Gasteiger partial charge is 0.336 e. The summed E-state index contributed by atoms with van der Waals surface area (Å²) in [6.07, 6.45) is 1.22. The Hall–Kier alpha value is -2.75. The Bertz CT molecular complexity index is 853. The molecule has 1 heterocycles. The second-order valence-corrected chi connectivity index (χ2v) is 5.08. The molecule has 0 aliphatic heterocycles. The van der Waals surface area contributed by atoms with Crippen molar-refractivity contribution in [3.63, 3.8) is 0 Å². The standard InChI is InChI=1S/C10H8O4.C7H6/c1-5-2-10(13)14-9-4-8(12)7(11)3-6(5)9;1-2-6-4-7(3-1)5-6/h2-4,11-12H,1H3;1-4H,5H2. The molecule has 0 saturated heterocycles. The van der Waals surface area contributed by atoms with Crippen molar-refractivity contribution in [2.75, 3.05) is 0 Å². The summed E-state index contributed by atoms with van der Waals surface area (Å²) in [5.41, 5.74) is 3.46. The maximum absolute atomic E-state index is 11.0. The van der Waals surface area contributed by atoms with Crippen LogP contribution < -0.4 is 5.63 Å². The first-order valence-electron chi connectivity index (χ1n) is 6.57. The van der Waals surface area contributed by atoms with E-state index < -0.39 is 5.63 Å². The third kappa shape index (κ3) is 2.60. The normalized spacial score (nSPS) is 11.5. The van der Waals surface area contributed by atoms with Gasteiger partial charge in [-0.15, -0.1) is 0 Å². The zero-order chi connectivity index (χ0) is 15.0. The van der Waals surface area contributed by atoms with Gasteiger partial charge in [0.25, 0.3) is 0 Å². The zero-order valence-corrected chi connectivity index (χ0v) is 11.5. The van der Waals surface area contributed by atoms with E-state index in [9.17, 15) is 15.0 Å². The molecular weight excluding hydrogens is 268 g/mol. The van der Waals surface area contributed by atoms with E-state index >= 15 is 0 Å². The highest BCUT2D eigenvalue weighted by molar-refractivity contribution is 5.83. The van der Waals surface area contributed by atoms with Crippen molar-refractivity contribution >= 4 is 11.0 Å². The Morgan fingerprint density at radius 2 is 1.62 bits per heavy atom. The number of fused-ring (bicyclic) bond motifs is 3. The topological polar surface area (TPSA) is 70.7 Å². The van der Waals surface area contributed by atoms with Gasteiger partial charge in [0.1, 0.15) is 5.58 Å². The summed E-state index contributed by atoms with van der Waals surface area (Å²) in [7, 11) is 0. The summed E-state index contributed by atoms with van der Waals surface area (Å²) < 4.78 is 4.85. The minimum absolute atomic E-state index is 0.227. The van der Waals surface area contributed by atoms with Crippen molar-refractivity contribution in [1.29, 1.82) is 0 Å². The van der Waals surface area contributed by atoms with E-state index in [0.717, 1.165) is 0 Å². The molecule has 0 radical (unpaired) electrons. The Balaban J connectivity index is 0.000000156. The first kappa shape index (κ1) is 13.2. The van der Waals surface area contributed by atoms with Crippen LogP contribution in [0.4, 0.5) is 0 Å². The van der Waals surface area contributed by atoms with Gasteiger partial charge in [0.15, 0.2) is 11.5 Å². The van der Waals surface area contributed by atoms with Gasteiger partial charge in [0.05, 0.1) is 0 Å². The number of phenols is 2. The first-order chi connectivity index (χ1) is 10.0. The molecular formula is C17H14O4. The summed E-state index contributed by atoms with van der Waals surface area (Å²) in [5, 5.41) is 19.0. The molecule has 4 heteroatoms. The van der Waals surface area contributed by atoms with E-state index in [1.54, 1.807) is 6.92 Å². The molecule has 106 valence electrons. The molecule has 2 aliphatic rings. The molecule has 0 fully saturated rings. The van der Waals surface area contributed by atoms with Gasteiger partial charge in [-0.3, -0.25) is 0 Å². The molecule has 21 heavy (non-hydrogen) atoms. The monoisotopic (exact) mass is 282 g/mol. The fraction of sp³-hybridized carbons (Fsp3) is 0.118. The quantitative estimate of drug-likeness (QED) is 0.384. The SMILES string of the molecule is Cc1cc(=O)oc2cc(O)c(O)cc12.c1cc2cc(c1)C2. The van der Waals surface area contributed by atoms with Gasteiger partial charge in [-0.2, -0.15) is 0 Å². The fourth-order valence-electron chi connectivity index (χ4n) is 2.30. The molecule has 2 aromatic carbocycles. The Kier molecular flexibility index (Phi) is 3.14. The Morgan fingerprint density at radius 3 is 2.14 bits per heavy atom. The molecule has 1 aromatic heterocycles. The van der Waals surface area contributed by atoms with Crippen LogP contribution >= 0.6 is 0 Å². The third-order valence-electron chi connectivity index (χ3n) is 3.45. The van der Waals surface area contributed by atoms with Crippen molar-refractivity contribution in [1.82, 2.24) is 0 Å². The Morgan fingerprint density at radius 1 is 1.00 bits per heavy atom. The van der Waals surface area contributed by atoms with Crippen molar-refractivity contribution in [3.05, 3.63) is 69.6 Å². The number of phenolic OH excluding ortho intramolecular Hbond substituents is 2. The summed E-state index contributed by atoms with van der Waals surface area (Å²) in [6.45, 7) is 1.73. The van der Waals surface area contributed by atoms with Crippen molar-refractivity contribution in [2.45, 2.75) is 13.3 Å². The first-order valence-corrected chi connectivity index (χ1v) is 6.57. The van der Waals surface area contributed by atoms with Gasteiger partial charge in [-0.25, -0.2) is 4.79 Å². The number of rotatable bonds is 0. The summed E-state index contributed by atoms with van der Waals surface area (Å²) in [6, 6.07) is 12.6. The van der Waals surface area contributed by atoms with Crippen LogP contribution in [0.3, 0.4) is 0 Å². The van der Waals surface area contributed by atoms with E-state index in [-0.39, 0.29) is 17.1 Å². The largest absolute Gasteiger partial charge is 0.504 e. The number of hydrogen-bond acceptors (Lipinski definition) is 4. The molecule has 3 aromatic rings. The van der Waals surface area contributed by atoms with Crippen LogP contribution in [0.5, 0.6) is 11.5 Å². The van der Waals surface area contributed by atoms with Crippen LogP contribution in [0.2, 0.25) is 0 Å².